The lowest BCUT2D eigenvalue weighted by molar-refractivity contribution is -0.128. The lowest BCUT2D eigenvalue weighted by Gasteiger charge is -2.21. The molecule has 1 saturated heterocycles. The van der Waals surface area contributed by atoms with Gasteiger partial charge in [-0.25, -0.2) is 0 Å². The zero-order valence-corrected chi connectivity index (χ0v) is 15.4. The van der Waals surface area contributed by atoms with Crippen LogP contribution in [0.1, 0.15) is 29.5 Å². The minimum Gasteiger partial charge on any atom is -0.490 e. The van der Waals surface area contributed by atoms with Gasteiger partial charge in [0.1, 0.15) is 18.5 Å². The van der Waals surface area contributed by atoms with Crippen molar-refractivity contribution >= 4 is 5.91 Å². The third kappa shape index (κ3) is 5.70. The molecular weight excluding hydrogens is 320 g/mol. The standard InChI is InChI=1S/C19H30N2O4/c1-13-6-7-14(2)19(15(13)3)25-12-17(23)10-20-9-16(22)11-21-8-4-5-18(21)24/h6-7,16-17,20,22-23H,4-5,8-12H2,1-3H3. The van der Waals surface area contributed by atoms with Gasteiger partial charge in [-0.2, -0.15) is 0 Å². The Balaban J connectivity index is 1.68. The summed E-state index contributed by atoms with van der Waals surface area (Å²) >= 11 is 0. The van der Waals surface area contributed by atoms with E-state index < -0.39 is 12.2 Å². The molecule has 0 saturated carbocycles. The molecule has 25 heavy (non-hydrogen) atoms. The molecule has 1 heterocycles. The molecule has 0 radical (unpaired) electrons. The van der Waals surface area contributed by atoms with Crippen LogP contribution in [-0.4, -0.2) is 66.0 Å². The van der Waals surface area contributed by atoms with Crippen LogP contribution in [0.4, 0.5) is 0 Å². The number of nitrogens with zero attached hydrogens (tertiary/aromatic N) is 1. The maximum Gasteiger partial charge on any atom is 0.222 e. The van der Waals surface area contributed by atoms with Crippen LogP contribution < -0.4 is 10.1 Å². The van der Waals surface area contributed by atoms with Crippen LogP contribution in [0.5, 0.6) is 5.75 Å². The molecule has 6 nitrogen and oxygen atoms in total. The molecule has 0 aliphatic carbocycles. The average Bonchev–Trinajstić information content (AvgIpc) is 2.96. The lowest BCUT2D eigenvalue weighted by Crippen LogP contribution is -2.41. The van der Waals surface area contributed by atoms with E-state index in [9.17, 15) is 15.0 Å². The van der Waals surface area contributed by atoms with Crippen LogP contribution in [0.25, 0.3) is 0 Å². The second kappa shape index (κ2) is 9.17. The highest BCUT2D eigenvalue weighted by atomic mass is 16.5. The van der Waals surface area contributed by atoms with E-state index in [2.05, 4.69) is 11.4 Å². The van der Waals surface area contributed by atoms with Crippen LogP contribution in [0.15, 0.2) is 12.1 Å². The predicted molar refractivity (Wildman–Crippen MR) is 96.8 cm³/mol. The summed E-state index contributed by atoms with van der Waals surface area (Å²) in [6.45, 7) is 7.96. The summed E-state index contributed by atoms with van der Waals surface area (Å²) in [6, 6.07) is 4.07. The van der Waals surface area contributed by atoms with Crippen molar-refractivity contribution in [2.75, 3.05) is 32.8 Å². The minimum atomic E-state index is -0.667. The zero-order valence-electron chi connectivity index (χ0n) is 15.4. The van der Waals surface area contributed by atoms with Gasteiger partial charge in [-0.05, 0) is 43.9 Å². The molecule has 1 aromatic rings. The molecule has 2 rings (SSSR count). The van der Waals surface area contributed by atoms with Crippen LogP contribution in [0.2, 0.25) is 0 Å². The van der Waals surface area contributed by atoms with Crippen molar-refractivity contribution in [1.82, 2.24) is 10.2 Å². The molecule has 0 aromatic heterocycles. The summed E-state index contributed by atoms with van der Waals surface area (Å²) in [5.41, 5.74) is 3.30. The third-order valence-corrected chi connectivity index (χ3v) is 4.66. The lowest BCUT2D eigenvalue weighted by atomic mass is 10.1. The minimum absolute atomic E-state index is 0.108. The zero-order chi connectivity index (χ0) is 18.4. The Morgan fingerprint density at radius 3 is 2.52 bits per heavy atom. The maximum absolute atomic E-state index is 11.5. The molecular formula is C19H30N2O4. The number of β-amino-alcohol motifs (C(OH)–C–C–N with tert-alkyl or cyclic N) is 1. The molecule has 6 heteroatoms. The van der Waals surface area contributed by atoms with E-state index in [1.807, 2.05) is 26.8 Å². The Morgan fingerprint density at radius 1 is 1.16 bits per heavy atom. The van der Waals surface area contributed by atoms with Gasteiger partial charge in [0.15, 0.2) is 0 Å². The first-order chi connectivity index (χ1) is 11.9. The molecule has 1 aliphatic heterocycles. The van der Waals surface area contributed by atoms with Crippen molar-refractivity contribution in [3.05, 3.63) is 28.8 Å². The normalized spacial score (nSPS) is 17.0. The van der Waals surface area contributed by atoms with Gasteiger partial charge in [-0.15, -0.1) is 0 Å². The number of aryl methyl sites for hydroxylation is 2. The largest absolute Gasteiger partial charge is 0.490 e. The smallest absolute Gasteiger partial charge is 0.222 e. The van der Waals surface area contributed by atoms with Crippen molar-refractivity contribution in [1.29, 1.82) is 0 Å². The fourth-order valence-corrected chi connectivity index (χ4v) is 3.02. The highest BCUT2D eigenvalue weighted by molar-refractivity contribution is 5.78. The molecule has 2 unspecified atom stereocenters. The fourth-order valence-electron chi connectivity index (χ4n) is 3.02. The van der Waals surface area contributed by atoms with E-state index in [0.717, 1.165) is 35.4 Å². The monoisotopic (exact) mass is 350 g/mol. The fraction of sp³-hybridized carbons (Fsp3) is 0.632. The SMILES string of the molecule is Cc1ccc(C)c(OCC(O)CNCC(O)CN2CCCC2=O)c1C. The quantitative estimate of drug-likeness (QED) is 0.617. The number of amides is 1. The Morgan fingerprint density at radius 2 is 1.84 bits per heavy atom. The number of carbonyl (C=O) groups is 1. The second-order valence-corrected chi connectivity index (χ2v) is 6.87. The summed E-state index contributed by atoms with van der Waals surface area (Å²) in [4.78, 5) is 13.2. The number of rotatable bonds is 9. The van der Waals surface area contributed by atoms with Gasteiger partial charge in [0.25, 0.3) is 0 Å². The van der Waals surface area contributed by atoms with Crippen LogP contribution in [-0.2, 0) is 4.79 Å². The Kier molecular flexibility index (Phi) is 7.23. The molecule has 1 fully saturated rings. The number of hydrogen-bond acceptors (Lipinski definition) is 5. The topological polar surface area (TPSA) is 82.0 Å². The Labute approximate surface area is 149 Å². The number of nitrogens with one attached hydrogen (secondary N) is 1. The maximum atomic E-state index is 11.5. The van der Waals surface area contributed by atoms with Gasteiger partial charge in [-0.1, -0.05) is 12.1 Å². The van der Waals surface area contributed by atoms with E-state index in [4.69, 9.17) is 4.74 Å². The van der Waals surface area contributed by atoms with Gasteiger partial charge in [0, 0.05) is 32.6 Å². The molecule has 1 aliphatic rings. The third-order valence-electron chi connectivity index (χ3n) is 4.66. The Hall–Kier alpha value is -1.63. The molecule has 1 amide bonds. The number of aliphatic hydroxyl groups is 2. The summed E-state index contributed by atoms with van der Waals surface area (Å²) < 4.78 is 5.78. The predicted octanol–water partition coefficient (Wildman–Crippen LogP) is 0.924. The number of aliphatic hydroxyl groups excluding tert-OH is 2. The van der Waals surface area contributed by atoms with E-state index in [0.29, 0.717) is 26.1 Å². The molecule has 3 N–H and O–H groups in total. The van der Waals surface area contributed by atoms with E-state index >= 15 is 0 Å². The number of carbonyl (C=O) groups excluding carboxylic acids is 1. The van der Waals surface area contributed by atoms with Crippen LogP contribution >= 0.6 is 0 Å². The van der Waals surface area contributed by atoms with Gasteiger partial charge >= 0.3 is 0 Å². The first-order valence-electron chi connectivity index (χ1n) is 8.92. The van der Waals surface area contributed by atoms with Crippen molar-refractivity contribution in [2.45, 2.75) is 45.8 Å². The van der Waals surface area contributed by atoms with Gasteiger partial charge < -0.3 is 25.2 Å². The highest BCUT2D eigenvalue weighted by Crippen LogP contribution is 2.25. The molecule has 0 bridgehead atoms. The van der Waals surface area contributed by atoms with E-state index in [1.165, 1.54) is 0 Å². The van der Waals surface area contributed by atoms with Crippen LogP contribution in [0, 0.1) is 20.8 Å². The van der Waals surface area contributed by atoms with Crippen LogP contribution in [0.3, 0.4) is 0 Å². The number of hydrogen-bond donors (Lipinski definition) is 3. The summed E-state index contributed by atoms with van der Waals surface area (Å²) in [5, 5.41) is 23.1. The molecule has 2 atom stereocenters. The molecule has 1 aromatic carbocycles. The van der Waals surface area contributed by atoms with Crippen molar-refractivity contribution in [2.24, 2.45) is 0 Å². The van der Waals surface area contributed by atoms with E-state index in [1.54, 1.807) is 4.90 Å². The van der Waals surface area contributed by atoms with Crippen molar-refractivity contribution < 1.29 is 19.7 Å². The summed E-state index contributed by atoms with van der Waals surface area (Å²) in [6.07, 6.45) is 0.150. The highest BCUT2D eigenvalue weighted by Gasteiger charge is 2.22. The van der Waals surface area contributed by atoms with Crippen molar-refractivity contribution in [3.63, 3.8) is 0 Å². The number of benzene rings is 1. The second-order valence-electron chi connectivity index (χ2n) is 6.87. The van der Waals surface area contributed by atoms with Gasteiger partial charge in [-0.3, -0.25) is 4.79 Å². The average molecular weight is 350 g/mol. The first kappa shape index (κ1) is 19.7. The molecule has 140 valence electrons. The molecule has 0 spiro atoms. The Bertz CT molecular complexity index is 591. The first-order valence-corrected chi connectivity index (χ1v) is 8.92. The van der Waals surface area contributed by atoms with E-state index in [-0.39, 0.29) is 12.5 Å². The summed E-state index contributed by atoms with van der Waals surface area (Å²) in [7, 11) is 0. The number of likely N-dealkylation sites (tertiary alicyclic amines) is 1. The van der Waals surface area contributed by atoms with Crippen molar-refractivity contribution in [3.8, 4) is 5.75 Å². The number of ether oxygens (including phenoxy) is 1. The van der Waals surface area contributed by atoms with Gasteiger partial charge in [0.2, 0.25) is 5.91 Å². The summed E-state index contributed by atoms with van der Waals surface area (Å²) in [5.74, 6) is 0.933. The van der Waals surface area contributed by atoms with Gasteiger partial charge in [0.05, 0.1) is 6.10 Å².